The highest BCUT2D eigenvalue weighted by molar-refractivity contribution is 6.47. The van der Waals surface area contributed by atoms with Crippen LogP contribution >= 0.6 is 0 Å². The Morgan fingerprint density at radius 3 is 2.40 bits per heavy atom. The quantitative estimate of drug-likeness (QED) is 0.364. The molecule has 4 nitrogen and oxygen atoms in total. The van der Waals surface area contributed by atoms with Gasteiger partial charge in [-0.25, -0.2) is 0 Å². The number of methoxy groups -OCH3 is 1. The topological polar surface area (TPSA) is 60.4 Å². The molecule has 2 aliphatic rings. The Kier molecular flexibility index (Phi) is 1.85. The second-order valence-corrected chi connectivity index (χ2v) is 4.90. The van der Waals surface area contributed by atoms with Crippen LogP contribution in [0.5, 0.6) is 0 Å². The van der Waals surface area contributed by atoms with E-state index in [0.29, 0.717) is 12.8 Å². The molecule has 0 spiro atoms. The van der Waals surface area contributed by atoms with Gasteiger partial charge in [-0.15, -0.1) is 0 Å². The Morgan fingerprint density at radius 2 is 2.00 bits per heavy atom. The Labute approximate surface area is 88.0 Å². The molecule has 2 atom stereocenters. The van der Waals surface area contributed by atoms with E-state index in [2.05, 4.69) is 0 Å². The minimum Gasteiger partial charge on any atom is -0.468 e. The van der Waals surface area contributed by atoms with Crippen LogP contribution in [0, 0.1) is 16.7 Å². The summed E-state index contributed by atoms with van der Waals surface area (Å²) >= 11 is 0. The third kappa shape index (κ3) is 0.856. The van der Waals surface area contributed by atoms with Crippen molar-refractivity contribution in [1.29, 1.82) is 0 Å². The zero-order chi connectivity index (χ0) is 11.4. The Morgan fingerprint density at radius 1 is 1.40 bits per heavy atom. The van der Waals surface area contributed by atoms with Gasteiger partial charge in [0.25, 0.3) is 0 Å². The molecule has 0 aliphatic heterocycles. The van der Waals surface area contributed by atoms with Crippen molar-refractivity contribution >= 4 is 17.5 Å². The van der Waals surface area contributed by atoms with Crippen molar-refractivity contribution in [2.75, 3.05) is 7.11 Å². The molecule has 0 radical (unpaired) electrons. The summed E-state index contributed by atoms with van der Waals surface area (Å²) in [5.74, 6) is -1.79. The monoisotopic (exact) mass is 210 g/mol. The largest absolute Gasteiger partial charge is 0.468 e. The van der Waals surface area contributed by atoms with Crippen LogP contribution in [0.2, 0.25) is 0 Å². The van der Waals surface area contributed by atoms with Crippen LogP contribution in [0.25, 0.3) is 0 Å². The van der Waals surface area contributed by atoms with E-state index in [9.17, 15) is 14.4 Å². The molecule has 0 saturated heterocycles. The Bertz CT molecular complexity index is 369. The van der Waals surface area contributed by atoms with Gasteiger partial charge in [-0.1, -0.05) is 13.8 Å². The summed E-state index contributed by atoms with van der Waals surface area (Å²) in [5.41, 5.74) is -1.79. The number of carbonyl (C=O) groups excluding carboxylic acids is 3. The van der Waals surface area contributed by atoms with E-state index >= 15 is 0 Å². The van der Waals surface area contributed by atoms with Crippen LogP contribution in [-0.4, -0.2) is 24.6 Å². The minimum absolute atomic E-state index is 0.302. The molecular weight excluding hydrogens is 196 g/mol. The molecule has 0 heterocycles. The number of hydrogen-bond acceptors (Lipinski definition) is 4. The van der Waals surface area contributed by atoms with Crippen molar-refractivity contribution < 1.29 is 19.1 Å². The molecule has 0 unspecified atom stereocenters. The predicted molar refractivity (Wildman–Crippen MR) is 51.0 cm³/mol. The molecule has 15 heavy (non-hydrogen) atoms. The smallest absolute Gasteiger partial charge is 0.320 e. The number of Topliss-reactive ketones (excluding diaryl/α,β-unsaturated/α-hetero) is 2. The third-order valence-corrected chi connectivity index (χ3v) is 4.24. The Balaban J connectivity index is 2.59. The molecule has 2 fully saturated rings. The SMILES string of the molecule is COC(=O)[C@]12CC[C@H](C(=O)C1=O)C2(C)C. The summed E-state index contributed by atoms with van der Waals surface area (Å²) in [6.07, 6.45) is 1.06. The highest BCUT2D eigenvalue weighted by Crippen LogP contribution is 2.62. The number of esters is 1. The molecule has 4 heteroatoms. The minimum atomic E-state index is -1.20. The summed E-state index contributed by atoms with van der Waals surface area (Å²) in [6.45, 7) is 3.62. The van der Waals surface area contributed by atoms with E-state index in [0.717, 1.165) is 0 Å². The van der Waals surface area contributed by atoms with Crippen LogP contribution in [0.4, 0.5) is 0 Å². The lowest BCUT2D eigenvalue weighted by atomic mass is 9.69. The lowest BCUT2D eigenvalue weighted by Crippen LogP contribution is -2.45. The molecule has 0 aromatic rings. The first-order chi connectivity index (χ1) is 6.89. The fraction of sp³-hybridized carbons (Fsp3) is 0.727. The van der Waals surface area contributed by atoms with Crippen molar-refractivity contribution in [2.24, 2.45) is 16.7 Å². The number of ether oxygens (including phenoxy) is 1. The van der Waals surface area contributed by atoms with E-state index in [4.69, 9.17) is 4.74 Å². The Hall–Kier alpha value is -1.19. The normalized spacial score (nSPS) is 37.1. The lowest BCUT2D eigenvalue weighted by Gasteiger charge is -2.32. The van der Waals surface area contributed by atoms with Crippen LogP contribution < -0.4 is 0 Å². The van der Waals surface area contributed by atoms with Gasteiger partial charge in [0.1, 0.15) is 5.41 Å². The van der Waals surface area contributed by atoms with E-state index in [1.165, 1.54) is 7.11 Å². The van der Waals surface area contributed by atoms with Crippen molar-refractivity contribution in [3.05, 3.63) is 0 Å². The highest BCUT2D eigenvalue weighted by atomic mass is 16.5. The van der Waals surface area contributed by atoms with Gasteiger partial charge in [0.05, 0.1) is 7.11 Å². The van der Waals surface area contributed by atoms with E-state index in [1.54, 1.807) is 0 Å². The average molecular weight is 210 g/mol. The summed E-state index contributed by atoms with van der Waals surface area (Å²) < 4.78 is 4.70. The van der Waals surface area contributed by atoms with Gasteiger partial charge in [0.2, 0.25) is 11.6 Å². The van der Waals surface area contributed by atoms with Crippen LogP contribution in [0.3, 0.4) is 0 Å². The molecule has 2 rings (SSSR count). The first-order valence-corrected chi connectivity index (χ1v) is 5.06. The zero-order valence-electron chi connectivity index (χ0n) is 9.12. The fourth-order valence-electron chi connectivity index (χ4n) is 3.21. The van der Waals surface area contributed by atoms with Gasteiger partial charge in [0.15, 0.2) is 0 Å². The number of fused-ring (bicyclic) bond motifs is 2. The van der Waals surface area contributed by atoms with Crippen molar-refractivity contribution in [1.82, 2.24) is 0 Å². The molecule has 0 N–H and O–H groups in total. The molecule has 2 saturated carbocycles. The van der Waals surface area contributed by atoms with Gasteiger partial charge < -0.3 is 4.74 Å². The maximum atomic E-state index is 11.9. The standard InChI is InChI=1S/C11H14O4/c1-10(2)6-4-5-11(10,9(14)15-3)8(13)7(6)12/h6H,4-5H2,1-3H3/t6-,11+/m1/s1. The molecule has 2 aliphatic carbocycles. The van der Waals surface area contributed by atoms with Crippen LogP contribution in [-0.2, 0) is 19.1 Å². The van der Waals surface area contributed by atoms with Crippen LogP contribution in [0.1, 0.15) is 26.7 Å². The number of hydrogen-bond donors (Lipinski definition) is 0. The zero-order valence-corrected chi connectivity index (χ0v) is 9.12. The predicted octanol–water partition coefficient (Wildman–Crippen LogP) is 0.734. The van der Waals surface area contributed by atoms with E-state index in [-0.39, 0.29) is 5.92 Å². The van der Waals surface area contributed by atoms with Crippen molar-refractivity contribution in [2.45, 2.75) is 26.7 Å². The molecular formula is C11H14O4. The van der Waals surface area contributed by atoms with Gasteiger partial charge in [-0.05, 0) is 18.3 Å². The van der Waals surface area contributed by atoms with Gasteiger partial charge >= 0.3 is 5.97 Å². The van der Waals surface area contributed by atoms with Gasteiger partial charge in [-0.3, -0.25) is 14.4 Å². The first-order valence-electron chi connectivity index (χ1n) is 5.06. The summed E-state index contributed by atoms with van der Waals surface area (Å²) in [4.78, 5) is 35.3. The second-order valence-electron chi connectivity index (χ2n) is 4.90. The van der Waals surface area contributed by atoms with Crippen molar-refractivity contribution in [3.63, 3.8) is 0 Å². The van der Waals surface area contributed by atoms with Gasteiger partial charge in [-0.2, -0.15) is 0 Å². The molecule has 82 valence electrons. The number of rotatable bonds is 1. The first kappa shape index (κ1) is 10.3. The lowest BCUT2D eigenvalue weighted by molar-refractivity contribution is -0.162. The summed E-state index contributed by atoms with van der Waals surface area (Å²) in [6, 6.07) is 0. The molecule has 2 bridgehead atoms. The second kappa shape index (κ2) is 2.68. The highest BCUT2D eigenvalue weighted by Gasteiger charge is 2.73. The summed E-state index contributed by atoms with van der Waals surface area (Å²) in [7, 11) is 1.26. The maximum absolute atomic E-state index is 11.9. The van der Waals surface area contributed by atoms with Gasteiger partial charge in [0, 0.05) is 5.92 Å². The average Bonchev–Trinajstić information content (AvgIpc) is 2.53. The fourth-order valence-corrected chi connectivity index (χ4v) is 3.21. The number of ketones is 2. The van der Waals surface area contributed by atoms with Crippen LogP contribution in [0.15, 0.2) is 0 Å². The third-order valence-electron chi connectivity index (χ3n) is 4.24. The molecule has 0 aromatic carbocycles. The maximum Gasteiger partial charge on any atom is 0.320 e. The van der Waals surface area contributed by atoms with Crippen molar-refractivity contribution in [3.8, 4) is 0 Å². The molecule has 0 amide bonds. The van der Waals surface area contributed by atoms with E-state index < -0.39 is 28.4 Å². The molecule has 0 aromatic heterocycles. The number of carbonyl (C=O) groups is 3. The van der Waals surface area contributed by atoms with E-state index in [1.807, 2.05) is 13.8 Å². The summed E-state index contributed by atoms with van der Waals surface area (Å²) in [5, 5.41) is 0.